The largest absolute Gasteiger partial charge is 0.292 e. The summed E-state index contributed by atoms with van der Waals surface area (Å²) in [6.07, 6.45) is 0. The van der Waals surface area contributed by atoms with E-state index in [0.717, 1.165) is 5.01 Å². The maximum Gasteiger partial charge on any atom is 0.292 e. The van der Waals surface area contributed by atoms with Gasteiger partial charge in [0.15, 0.2) is 0 Å². The molecule has 0 unspecified atom stereocenters. The van der Waals surface area contributed by atoms with E-state index in [9.17, 15) is 9.59 Å². The van der Waals surface area contributed by atoms with Gasteiger partial charge in [0.1, 0.15) is 5.03 Å². The second-order valence-corrected chi connectivity index (χ2v) is 4.86. The van der Waals surface area contributed by atoms with E-state index in [1.165, 1.54) is 0 Å². The van der Waals surface area contributed by atoms with E-state index in [4.69, 9.17) is 11.6 Å². The zero-order chi connectivity index (χ0) is 14.8. The van der Waals surface area contributed by atoms with Crippen LogP contribution in [0.15, 0.2) is 65.7 Å². The lowest BCUT2D eigenvalue weighted by Crippen LogP contribution is -2.36. The van der Waals surface area contributed by atoms with Crippen LogP contribution in [0.4, 0.5) is 5.69 Å². The number of para-hydroxylation sites is 1. The van der Waals surface area contributed by atoms with Crippen LogP contribution in [-0.4, -0.2) is 16.8 Å². The third kappa shape index (κ3) is 2.41. The Hall–Kier alpha value is -2.59. The first-order chi connectivity index (χ1) is 10.2. The van der Waals surface area contributed by atoms with Crippen LogP contribution in [-0.2, 0) is 9.59 Å². The highest BCUT2D eigenvalue weighted by atomic mass is 35.5. The quantitative estimate of drug-likeness (QED) is 0.886. The molecule has 5 heteroatoms. The summed E-state index contributed by atoms with van der Waals surface area (Å²) in [5, 5.41) is 0.856. The molecule has 2 aromatic rings. The van der Waals surface area contributed by atoms with Gasteiger partial charge in [0, 0.05) is 0 Å². The van der Waals surface area contributed by atoms with Crippen LogP contribution in [0, 0.1) is 0 Å². The van der Waals surface area contributed by atoms with Gasteiger partial charge in [-0.2, -0.15) is 5.01 Å². The van der Waals surface area contributed by atoms with Crippen LogP contribution in [0.1, 0.15) is 5.56 Å². The standard InChI is InChI=1S/C16H11ClN2O2/c17-14-13(11-7-3-1-4-8-11)15(20)19(16(14)21)18-12-9-5-2-6-10-12/h1-10,18H. The predicted molar refractivity (Wildman–Crippen MR) is 81.1 cm³/mol. The Balaban J connectivity index is 1.92. The van der Waals surface area contributed by atoms with Crippen molar-refractivity contribution in [1.82, 2.24) is 5.01 Å². The average Bonchev–Trinajstić information content (AvgIpc) is 2.73. The van der Waals surface area contributed by atoms with E-state index in [1.54, 1.807) is 48.5 Å². The van der Waals surface area contributed by atoms with E-state index in [2.05, 4.69) is 5.43 Å². The maximum atomic E-state index is 12.4. The van der Waals surface area contributed by atoms with Gasteiger partial charge in [-0.3, -0.25) is 15.0 Å². The number of halogens is 1. The fourth-order valence-electron chi connectivity index (χ4n) is 2.10. The highest BCUT2D eigenvalue weighted by Crippen LogP contribution is 2.31. The Bertz CT molecular complexity index is 726. The fraction of sp³-hybridized carbons (Fsp3) is 0. The smallest absolute Gasteiger partial charge is 0.288 e. The van der Waals surface area contributed by atoms with Gasteiger partial charge in [-0.05, 0) is 17.7 Å². The average molecular weight is 299 g/mol. The zero-order valence-corrected chi connectivity index (χ0v) is 11.7. The Morgan fingerprint density at radius 2 is 1.38 bits per heavy atom. The Morgan fingerprint density at radius 1 is 0.810 bits per heavy atom. The van der Waals surface area contributed by atoms with Crippen molar-refractivity contribution < 1.29 is 9.59 Å². The van der Waals surface area contributed by atoms with Gasteiger partial charge in [-0.1, -0.05) is 60.1 Å². The molecular formula is C16H11ClN2O2. The normalized spacial score (nSPS) is 14.8. The van der Waals surface area contributed by atoms with E-state index >= 15 is 0 Å². The van der Waals surface area contributed by atoms with Gasteiger partial charge in [0.2, 0.25) is 0 Å². The number of hydrazine groups is 1. The van der Waals surface area contributed by atoms with Crippen LogP contribution < -0.4 is 5.43 Å². The minimum atomic E-state index is -0.552. The van der Waals surface area contributed by atoms with Gasteiger partial charge in [0.05, 0.1) is 11.3 Å². The highest BCUT2D eigenvalue weighted by Gasteiger charge is 2.38. The van der Waals surface area contributed by atoms with Gasteiger partial charge >= 0.3 is 0 Å². The van der Waals surface area contributed by atoms with E-state index < -0.39 is 11.8 Å². The first-order valence-corrected chi connectivity index (χ1v) is 6.72. The summed E-state index contributed by atoms with van der Waals surface area (Å²) in [5.74, 6) is -1.01. The molecule has 1 aliphatic rings. The highest BCUT2D eigenvalue weighted by molar-refractivity contribution is 6.55. The molecule has 2 aromatic carbocycles. The number of carbonyl (C=O) groups excluding carboxylic acids is 2. The van der Waals surface area contributed by atoms with Crippen molar-refractivity contribution in [2.24, 2.45) is 0 Å². The number of nitrogens with one attached hydrogen (secondary N) is 1. The molecule has 0 atom stereocenters. The summed E-state index contributed by atoms with van der Waals surface area (Å²) in [7, 11) is 0. The first kappa shape index (κ1) is 13.4. The number of hydrogen-bond acceptors (Lipinski definition) is 3. The van der Waals surface area contributed by atoms with Crippen molar-refractivity contribution in [3.05, 3.63) is 71.3 Å². The number of imide groups is 1. The minimum absolute atomic E-state index is 0.0744. The summed E-state index contributed by atoms with van der Waals surface area (Å²) >= 11 is 6.05. The third-order valence-electron chi connectivity index (χ3n) is 3.10. The molecule has 3 rings (SSSR count). The molecule has 1 heterocycles. The van der Waals surface area contributed by atoms with Crippen molar-refractivity contribution in [1.29, 1.82) is 0 Å². The summed E-state index contributed by atoms with van der Waals surface area (Å²) in [6.45, 7) is 0. The third-order valence-corrected chi connectivity index (χ3v) is 3.46. The molecule has 0 spiro atoms. The number of amides is 2. The number of benzene rings is 2. The van der Waals surface area contributed by atoms with Crippen LogP contribution >= 0.6 is 11.6 Å². The van der Waals surface area contributed by atoms with Crippen molar-refractivity contribution >= 4 is 34.7 Å². The second kappa shape index (κ2) is 5.42. The Kier molecular flexibility index (Phi) is 3.46. The topological polar surface area (TPSA) is 49.4 Å². The van der Waals surface area contributed by atoms with Crippen molar-refractivity contribution in [3.63, 3.8) is 0 Å². The van der Waals surface area contributed by atoms with Crippen molar-refractivity contribution in [3.8, 4) is 0 Å². The molecule has 0 saturated carbocycles. The Morgan fingerprint density at radius 3 is 2.00 bits per heavy atom. The zero-order valence-electron chi connectivity index (χ0n) is 10.9. The van der Waals surface area contributed by atoms with Gasteiger partial charge < -0.3 is 0 Å². The van der Waals surface area contributed by atoms with E-state index in [0.29, 0.717) is 11.3 Å². The SMILES string of the molecule is O=C1C(Cl)=C(c2ccccc2)C(=O)N1Nc1ccccc1. The molecule has 0 saturated heterocycles. The minimum Gasteiger partial charge on any atom is -0.288 e. The summed E-state index contributed by atoms with van der Waals surface area (Å²) in [5.41, 5.74) is 4.25. The molecule has 21 heavy (non-hydrogen) atoms. The van der Waals surface area contributed by atoms with Crippen molar-refractivity contribution in [2.45, 2.75) is 0 Å². The van der Waals surface area contributed by atoms with Gasteiger partial charge in [-0.25, -0.2) is 0 Å². The maximum absolute atomic E-state index is 12.4. The molecule has 104 valence electrons. The number of nitrogens with zero attached hydrogens (tertiary/aromatic N) is 1. The lowest BCUT2D eigenvalue weighted by Gasteiger charge is -2.17. The summed E-state index contributed by atoms with van der Waals surface area (Å²) < 4.78 is 0. The number of hydrogen-bond donors (Lipinski definition) is 1. The molecule has 0 radical (unpaired) electrons. The summed E-state index contributed by atoms with van der Waals surface area (Å²) in [6, 6.07) is 17.9. The molecule has 0 aromatic heterocycles. The lowest BCUT2D eigenvalue weighted by molar-refractivity contribution is -0.134. The Labute approximate surface area is 126 Å². The second-order valence-electron chi connectivity index (χ2n) is 4.48. The molecule has 0 fully saturated rings. The molecule has 0 aliphatic carbocycles. The summed E-state index contributed by atoms with van der Waals surface area (Å²) in [4.78, 5) is 24.6. The van der Waals surface area contributed by atoms with Crippen molar-refractivity contribution in [2.75, 3.05) is 5.43 Å². The van der Waals surface area contributed by atoms with Gasteiger partial charge in [0.25, 0.3) is 11.8 Å². The van der Waals surface area contributed by atoms with Crippen LogP contribution in [0.2, 0.25) is 0 Å². The van der Waals surface area contributed by atoms with Crippen LogP contribution in [0.3, 0.4) is 0 Å². The number of carbonyl (C=O) groups is 2. The molecule has 1 N–H and O–H groups in total. The molecular weight excluding hydrogens is 288 g/mol. The van der Waals surface area contributed by atoms with Crippen LogP contribution in [0.5, 0.6) is 0 Å². The molecule has 0 bridgehead atoms. The molecule has 1 aliphatic heterocycles. The predicted octanol–water partition coefficient (Wildman–Crippen LogP) is 3.03. The number of rotatable bonds is 3. The number of anilines is 1. The fourth-order valence-corrected chi connectivity index (χ4v) is 2.38. The van der Waals surface area contributed by atoms with E-state index in [1.807, 2.05) is 12.1 Å². The molecule has 2 amide bonds. The van der Waals surface area contributed by atoms with Gasteiger partial charge in [-0.15, -0.1) is 0 Å². The first-order valence-electron chi connectivity index (χ1n) is 6.34. The van der Waals surface area contributed by atoms with Crippen LogP contribution in [0.25, 0.3) is 5.57 Å². The monoisotopic (exact) mass is 298 g/mol. The van der Waals surface area contributed by atoms with E-state index in [-0.39, 0.29) is 10.6 Å². The lowest BCUT2D eigenvalue weighted by atomic mass is 10.1. The molecule has 4 nitrogen and oxygen atoms in total.